The molecular formula is C19H47NO8SSi2. The Bertz CT molecular complexity index is 479. The summed E-state index contributed by atoms with van der Waals surface area (Å²) in [6.45, 7) is 16.4. The molecule has 0 aromatic heterocycles. The maximum atomic E-state index is 12.2. The van der Waals surface area contributed by atoms with E-state index in [1.807, 2.05) is 41.5 Å². The highest BCUT2D eigenvalue weighted by Gasteiger charge is 2.44. The number of hydrogen-bond donors (Lipinski definition) is 1. The van der Waals surface area contributed by atoms with E-state index < -0.39 is 33.6 Å². The van der Waals surface area contributed by atoms with Crippen molar-refractivity contribution in [1.82, 2.24) is 0 Å². The van der Waals surface area contributed by atoms with Crippen molar-refractivity contribution in [2.45, 2.75) is 79.2 Å². The van der Waals surface area contributed by atoms with E-state index in [0.29, 0.717) is 58.5 Å². The van der Waals surface area contributed by atoms with Gasteiger partial charge >= 0.3 is 18.3 Å². The highest BCUT2D eigenvalue weighted by atomic mass is 32.2. The molecular weight excluding hydrogens is 458 g/mol. The second-order valence-corrected chi connectivity index (χ2v) is 13.2. The van der Waals surface area contributed by atoms with Crippen LogP contribution in [-0.2, 0) is 36.4 Å². The van der Waals surface area contributed by atoms with Crippen molar-refractivity contribution in [3.63, 3.8) is 0 Å². The Morgan fingerprint density at radius 2 is 1.32 bits per heavy atom. The van der Waals surface area contributed by atoms with Crippen molar-refractivity contribution in [3.8, 4) is 0 Å². The van der Waals surface area contributed by atoms with Gasteiger partial charge < -0.3 is 32.3 Å². The number of hydrogen-bond acceptors (Lipinski definition) is 9. The van der Waals surface area contributed by atoms with Crippen LogP contribution in [0, 0.1) is 0 Å². The number of unbranched alkanes of at least 4 members (excludes halogenated alkanes) is 1. The van der Waals surface area contributed by atoms with Crippen LogP contribution >= 0.6 is 0 Å². The van der Waals surface area contributed by atoms with Gasteiger partial charge in [-0.1, -0.05) is 13.3 Å². The summed E-state index contributed by atoms with van der Waals surface area (Å²) in [4.78, 5) is 0. The molecule has 0 spiro atoms. The molecule has 0 amide bonds. The molecule has 1 atom stereocenters. The third kappa shape index (κ3) is 16.4. The predicted molar refractivity (Wildman–Crippen MR) is 129 cm³/mol. The van der Waals surface area contributed by atoms with E-state index in [2.05, 4.69) is 0 Å². The molecule has 0 aliphatic heterocycles. The van der Waals surface area contributed by atoms with Gasteiger partial charge in [0.1, 0.15) is 5.44 Å². The molecule has 0 bridgehead atoms. The third-order valence-electron chi connectivity index (χ3n) is 3.96. The van der Waals surface area contributed by atoms with Crippen molar-refractivity contribution >= 4 is 28.2 Å². The van der Waals surface area contributed by atoms with E-state index in [1.54, 1.807) is 6.92 Å². The van der Waals surface area contributed by atoms with Crippen molar-refractivity contribution < 1.29 is 35.0 Å². The molecule has 1 unspecified atom stereocenters. The van der Waals surface area contributed by atoms with Crippen LogP contribution in [0.3, 0.4) is 0 Å². The monoisotopic (exact) mass is 505 g/mol. The van der Waals surface area contributed by atoms with E-state index >= 15 is 0 Å². The lowest BCUT2D eigenvalue weighted by Crippen LogP contribution is -2.50. The minimum Gasteiger partial charge on any atom is -0.376 e. The molecule has 0 rings (SSSR count). The average molecular weight is 506 g/mol. The van der Waals surface area contributed by atoms with E-state index in [4.69, 9.17) is 32.3 Å². The van der Waals surface area contributed by atoms with Crippen molar-refractivity contribution in [3.05, 3.63) is 0 Å². The first-order chi connectivity index (χ1) is 14.7. The van der Waals surface area contributed by atoms with Gasteiger partial charge in [-0.25, -0.2) is 8.42 Å². The fourth-order valence-corrected chi connectivity index (χ4v) is 8.26. The zero-order chi connectivity index (χ0) is 24.2. The molecule has 31 heavy (non-hydrogen) atoms. The van der Waals surface area contributed by atoms with Crippen LogP contribution < -0.4 is 5.73 Å². The zero-order valence-corrected chi connectivity index (χ0v) is 23.7. The summed E-state index contributed by atoms with van der Waals surface area (Å²) in [6.07, 6.45) is 2.16. The van der Waals surface area contributed by atoms with Crippen molar-refractivity contribution in [2.24, 2.45) is 5.73 Å². The Hall–Kier alpha value is 0.104. The van der Waals surface area contributed by atoms with Gasteiger partial charge in [0, 0.05) is 39.1 Å². The molecule has 190 valence electrons. The molecule has 0 aromatic carbocycles. The first-order valence-corrected chi connectivity index (χ1v) is 16.5. The Balaban J connectivity index is 0. The highest BCUT2D eigenvalue weighted by Crippen LogP contribution is 2.22. The fraction of sp³-hybridized carbons (Fsp3) is 1.00. The molecule has 0 aliphatic rings. The van der Waals surface area contributed by atoms with E-state index in [0.717, 1.165) is 6.42 Å². The maximum absolute atomic E-state index is 12.2. The number of nitrogens with two attached hydrogens (primary N) is 1. The van der Waals surface area contributed by atoms with Gasteiger partial charge in [-0.2, -0.15) is 0 Å². The van der Waals surface area contributed by atoms with Gasteiger partial charge in [0.15, 0.2) is 9.84 Å². The van der Waals surface area contributed by atoms with Crippen LogP contribution in [0.5, 0.6) is 0 Å². The largest absolute Gasteiger partial charge is 0.502 e. The van der Waals surface area contributed by atoms with Gasteiger partial charge in [0.05, 0.1) is 5.75 Å². The zero-order valence-electron chi connectivity index (χ0n) is 20.7. The summed E-state index contributed by atoms with van der Waals surface area (Å²) in [6, 6.07) is 0.540. The second-order valence-electron chi connectivity index (χ2n) is 6.50. The lowest BCUT2D eigenvalue weighted by atomic mass is 10.4. The van der Waals surface area contributed by atoms with Crippen LogP contribution in [0.2, 0.25) is 6.04 Å². The lowest BCUT2D eigenvalue weighted by Gasteiger charge is -2.31. The molecule has 2 N–H and O–H groups in total. The smallest absolute Gasteiger partial charge is 0.376 e. The Morgan fingerprint density at radius 1 is 0.839 bits per heavy atom. The third-order valence-corrected chi connectivity index (χ3v) is 11.0. The van der Waals surface area contributed by atoms with Crippen LogP contribution in [0.4, 0.5) is 0 Å². The summed E-state index contributed by atoms with van der Waals surface area (Å²) in [5, 5.41) is 0. The van der Waals surface area contributed by atoms with Crippen molar-refractivity contribution in [1.29, 1.82) is 0 Å². The average Bonchev–Trinajstić information content (AvgIpc) is 2.72. The van der Waals surface area contributed by atoms with Gasteiger partial charge in [-0.15, -0.1) is 0 Å². The van der Waals surface area contributed by atoms with Gasteiger partial charge in [0.2, 0.25) is 0 Å². The first kappa shape index (κ1) is 33.3. The van der Waals surface area contributed by atoms with E-state index in [1.165, 1.54) is 0 Å². The SMILES string of the molecule is CCCCS(=O)(=O)C(C)O[Si](CCCN)(OCC)OCC.CCO[SiH](OCC)OCC. The molecule has 9 nitrogen and oxygen atoms in total. The first-order valence-electron chi connectivity index (χ1n) is 11.4. The van der Waals surface area contributed by atoms with E-state index in [-0.39, 0.29) is 5.75 Å². The Kier molecular flexibility index (Phi) is 22.2. The van der Waals surface area contributed by atoms with Crippen LogP contribution in [0.25, 0.3) is 0 Å². The lowest BCUT2D eigenvalue weighted by molar-refractivity contribution is 0.0598. The molecule has 12 heteroatoms. The minimum absolute atomic E-state index is 0.129. The van der Waals surface area contributed by atoms with Crippen LogP contribution in [-0.4, -0.2) is 77.5 Å². The van der Waals surface area contributed by atoms with Crippen LogP contribution in [0.15, 0.2) is 0 Å². The Morgan fingerprint density at radius 3 is 1.68 bits per heavy atom. The Labute approximate surface area is 193 Å². The summed E-state index contributed by atoms with van der Waals surface area (Å²) in [5.74, 6) is 0.129. The summed E-state index contributed by atoms with van der Waals surface area (Å²) >= 11 is 0. The van der Waals surface area contributed by atoms with Crippen molar-refractivity contribution in [2.75, 3.05) is 45.3 Å². The van der Waals surface area contributed by atoms with E-state index in [9.17, 15) is 8.42 Å². The molecule has 0 fully saturated rings. The molecule has 0 saturated carbocycles. The number of sulfone groups is 1. The topological polar surface area (TPSA) is 116 Å². The summed E-state index contributed by atoms with van der Waals surface area (Å²) in [7, 11) is -8.02. The molecule has 0 radical (unpaired) electrons. The van der Waals surface area contributed by atoms with Gasteiger partial charge in [0.25, 0.3) is 0 Å². The van der Waals surface area contributed by atoms with Crippen LogP contribution in [0.1, 0.15) is 67.7 Å². The quantitative estimate of drug-likeness (QED) is 0.264. The molecule has 0 saturated heterocycles. The number of rotatable bonds is 19. The predicted octanol–water partition coefficient (Wildman–Crippen LogP) is 2.74. The summed E-state index contributed by atoms with van der Waals surface area (Å²) < 4.78 is 57.3. The standard InChI is InChI=1S/C13H31NO5SSi.C6H16O3Si/c1-5-8-11-20(15,16)13(4)19-21(17-6-2,18-7-3)12-9-10-14;1-4-7-10(8-5-2)9-6-3/h13H,5-12,14H2,1-4H3;10H,4-6H2,1-3H3. The molecule has 0 heterocycles. The highest BCUT2D eigenvalue weighted by molar-refractivity contribution is 7.91. The van der Waals surface area contributed by atoms with Gasteiger partial charge in [-0.05, 0) is 60.9 Å². The fourth-order valence-electron chi connectivity index (χ4n) is 2.46. The molecule has 0 aromatic rings. The second kappa shape index (κ2) is 20.7. The molecule has 0 aliphatic carbocycles. The van der Waals surface area contributed by atoms with Gasteiger partial charge in [-0.3, -0.25) is 0 Å². The summed E-state index contributed by atoms with van der Waals surface area (Å²) in [5.41, 5.74) is 4.64. The normalized spacial score (nSPS) is 13.2. The minimum atomic E-state index is -3.30. The maximum Gasteiger partial charge on any atom is 0.502 e.